The third-order valence-electron chi connectivity index (χ3n) is 36.4. The second kappa shape index (κ2) is 38.2. The fraction of sp³-hybridized carbons (Fsp3) is 0.760. The lowest BCUT2D eigenvalue weighted by Crippen LogP contribution is -2.51. The number of esters is 5. The van der Waals surface area contributed by atoms with Crippen molar-refractivity contribution in [1.29, 1.82) is 0 Å². The number of aliphatic hydroxyl groups is 3. The molecule has 125 heavy (non-hydrogen) atoms. The number of fused-ring (bicyclic) bond motifs is 20. The van der Waals surface area contributed by atoms with Crippen LogP contribution in [0, 0.1) is 126 Å². The highest BCUT2D eigenvalue weighted by molar-refractivity contribution is 5.94. The summed E-state index contributed by atoms with van der Waals surface area (Å²) in [6.45, 7) is 25.7. The van der Waals surface area contributed by atoms with E-state index < -0.39 is 67.9 Å². The Morgan fingerprint density at radius 2 is 0.688 bits per heavy atom. The van der Waals surface area contributed by atoms with Gasteiger partial charge in [-0.2, -0.15) is 0 Å². The maximum absolute atomic E-state index is 13.5. The van der Waals surface area contributed by atoms with Crippen LogP contribution in [0.2, 0.25) is 0 Å². The molecule has 0 aromatic heterocycles. The summed E-state index contributed by atoms with van der Waals surface area (Å²) in [4.78, 5) is 161. The molecular weight excluding hydrogens is 1590 g/mol. The SMILES string of the molecule is CCC(=O)O[C@@H]1C[C@H]2[C@@H]3CCC4=CC(=O)CC[C@]4(C)[C@H]3CC[C@]2(C)C1C(=O)CO.CCCC(=O)OCC(=O)C1[C@H](OC(=O)CCC)CC2C3CCC4=CC(=O)CC[C@]4(C)C3=CC[C@@]21C.CCCC(=O)O[C@H]1CC2C3CCC4=CC(=O)CC[C@]4(C)C3=CC[C@]2(C)C1C(=O)CO.CCCCC(=O)O[C@@H]1C[C@H]2[C@@H]3CCC4=CC(=O)CC[C@]4(C)[C@H]3CC[C@]2(C)C1C(=O)CO. The van der Waals surface area contributed by atoms with E-state index in [1.54, 1.807) is 6.92 Å². The first-order valence-electron chi connectivity index (χ1n) is 48.6. The number of hydrogen-bond donors (Lipinski definition) is 3. The van der Waals surface area contributed by atoms with Crippen LogP contribution in [-0.4, -0.2) is 142 Å². The van der Waals surface area contributed by atoms with Gasteiger partial charge in [-0.25, -0.2) is 0 Å². The summed E-state index contributed by atoms with van der Waals surface area (Å²) in [5.74, 6) is 0.835. The molecule has 0 radical (unpaired) electrons. The number of carbonyl (C=O) groups excluding carboxylic acids is 13. The number of rotatable bonds is 23. The molecule has 8 unspecified atom stereocenters. The van der Waals surface area contributed by atoms with Gasteiger partial charge in [0.15, 0.2) is 46.3 Å². The topological polar surface area (TPSA) is 329 Å². The second-order valence-corrected chi connectivity index (χ2v) is 42.9. The summed E-state index contributed by atoms with van der Waals surface area (Å²) in [6.07, 6.45) is 37.7. The molecule has 0 saturated heterocycles. The largest absolute Gasteiger partial charge is 0.462 e. The van der Waals surface area contributed by atoms with Crippen molar-refractivity contribution in [2.24, 2.45) is 126 Å². The van der Waals surface area contributed by atoms with Gasteiger partial charge in [-0.15, -0.1) is 0 Å². The van der Waals surface area contributed by atoms with Crippen LogP contribution in [0.3, 0.4) is 0 Å². The van der Waals surface area contributed by atoms with Crippen molar-refractivity contribution in [2.45, 2.75) is 346 Å². The Bertz CT molecular complexity index is 4410. The molecule has 16 aliphatic rings. The maximum atomic E-state index is 13.5. The molecule has 0 aromatic rings. The fourth-order valence-electron chi connectivity index (χ4n) is 30.0. The first kappa shape index (κ1) is 95.6. The normalized spacial score (nSPS) is 40.0. The van der Waals surface area contributed by atoms with E-state index in [2.05, 4.69) is 67.5 Å². The predicted molar refractivity (Wildman–Crippen MR) is 469 cm³/mol. The Balaban J connectivity index is 0.000000143. The van der Waals surface area contributed by atoms with E-state index in [0.29, 0.717) is 137 Å². The van der Waals surface area contributed by atoms with Crippen molar-refractivity contribution < 1.29 is 101 Å². The average Bonchev–Trinajstić information content (AvgIpc) is 1.60. The van der Waals surface area contributed by atoms with E-state index in [-0.39, 0.29) is 144 Å². The summed E-state index contributed by atoms with van der Waals surface area (Å²) in [5.41, 5.74) is 6.85. The Morgan fingerprint density at radius 1 is 0.352 bits per heavy atom. The molecule has 21 nitrogen and oxygen atoms in total. The zero-order valence-electron chi connectivity index (χ0n) is 77.3. The fourth-order valence-corrected chi connectivity index (χ4v) is 30.0. The summed E-state index contributed by atoms with van der Waals surface area (Å²) in [7, 11) is 0. The summed E-state index contributed by atoms with van der Waals surface area (Å²) in [5, 5.41) is 29.0. The zero-order chi connectivity index (χ0) is 90.4. The molecule has 3 N–H and O–H groups in total. The standard InChI is InChI=1S/C29H40O6.C26H38O5.C25H34O5.C24H34O5/c1-5-7-25(32)34-17-23(31)27-24(35-26(33)8-6-2)16-22-20-10-9-18-15-19(30)11-13-28(18,3)21(20)12-14-29(22,27)4;1-4-5-6-23(30)31-22-14-20-18-8-7-16-13-17(28)9-11-25(16,2)19(18)10-12-26(20,3)24(22)21(29)15-27;1-4-5-22(29)30-21-13-19-17-7-6-15-12-16(27)8-10-24(15,2)18(17)9-11-25(19,3)23(21)20(28)14-26;1-4-21(28)29-20-12-18-16-6-5-14-11-15(26)7-9-23(14,2)17(16)8-10-24(18,3)22(20)19(27)13-25/h12,15,20,22,24,27H,5-11,13-14,16-17H2,1-4H3;13,18-20,22,24,27H,4-12,14-15H2,1-3H3;9,12,17,19,21,23,26H,4-8,10-11,13-14H2,1-3H3;11,16-18,20,22,25H,4-10,12-13H2,1-3H3/t20?,22?,24-,27?,28+,29+;18-,19+,20+,22-,24?,25+,26+;17?,19?,21-,23?,24-,25-;16-,17+,18+,20-,22?,23+,24+/m1101/s1. The van der Waals surface area contributed by atoms with Crippen molar-refractivity contribution in [2.75, 3.05) is 26.4 Å². The van der Waals surface area contributed by atoms with Crippen LogP contribution in [0.5, 0.6) is 0 Å². The highest BCUT2D eigenvalue weighted by atomic mass is 16.6. The number of carbonyl (C=O) groups is 13. The molecule has 0 amide bonds. The first-order valence-corrected chi connectivity index (χ1v) is 48.6. The molecule has 16 rings (SSSR count). The minimum atomic E-state index is -0.511. The van der Waals surface area contributed by atoms with Gasteiger partial charge in [-0.1, -0.05) is 142 Å². The van der Waals surface area contributed by atoms with Gasteiger partial charge in [0, 0.05) is 68.6 Å². The van der Waals surface area contributed by atoms with E-state index in [0.717, 1.165) is 135 Å². The van der Waals surface area contributed by atoms with Gasteiger partial charge in [0.2, 0.25) is 0 Å². The van der Waals surface area contributed by atoms with Gasteiger partial charge in [0.1, 0.15) is 50.8 Å². The highest BCUT2D eigenvalue weighted by Crippen LogP contribution is 2.72. The smallest absolute Gasteiger partial charge is 0.306 e. The molecule has 0 aromatic carbocycles. The van der Waals surface area contributed by atoms with Crippen LogP contribution in [0.1, 0.15) is 321 Å². The molecule has 26 atom stereocenters. The third-order valence-corrected chi connectivity index (χ3v) is 36.4. The van der Waals surface area contributed by atoms with E-state index in [1.807, 2.05) is 52.0 Å². The van der Waals surface area contributed by atoms with Gasteiger partial charge in [0.05, 0.1) is 23.7 Å². The number of ether oxygens (including phenoxy) is 5. The maximum Gasteiger partial charge on any atom is 0.306 e. The lowest BCUT2D eigenvalue weighted by Gasteiger charge is -2.57. The number of unbranched alkanes of at least 4 members (excludes halogenated alkanes) is 1. The molecule has 16 aliphatic carbocycles. The Kier molecular flexibility index (Phi) is 29.2. The van der Waals surface area contributed by atoms with Crippen molar-refractivity contribution in [3.8, 4) is 0 Å². The molecule has 10 saturated carbocycles. The summed E-state index contributed by atoms with van der Waals surface area (Å²) in [6, 6.07) is 0. The summed E-state index contributed by atoms with van der Waals surface area (Å²) < 4.78 is 28.7. The van der Waals surface area contributed by atoms with Gasteiger partial charge >= 0.3 is 29.8 Å². The zero-order valence-corrected chi connectivity index (χ0v) is 77.3. The minimum absolute atomic E-state index is 0.0639. The van der Waals surface area contributed by atoms with Crippen LogP contribution < -0.4 is 0 Å². The third kappa shape index (κ3) is 17.8. The van der Waals surface area contributed by atoms with E-state index in [4.69, 9.17) is 23.7 Å². The van der Waals surface area contributed by atoms with E-state index >= 15 is 0 Å². The number of Topliss-reactive ketones (excluding diaryl/α,β-unsaturated/α-hetero) is 4. The molecular formula is C104H146O21. The molecule has 10 fully saturated rings. The lowest BCUT2D eigenvalue weighted by atomic mass is 9.46. The number of ketones is 8. The molecule has 0 bridgehead atoms. The second-order valence-electron chi connectivity index (χ2n) is 42.9. The molecule has 21 heteroatoms. The lowest BCUT2D eigenvalue weighted by molar-refractivity contribution is -0.158. The van der Waals surface area contributed by atoms with Crippen molar-refractivity contribution >= 4 is 76.1 Å². The van der Waals surface area contributed by atoms with Crippen molar-refractivity contribution in [3.63, 3.8) is 0 Å². The minimum Gasteiger partial charge on any atom is -0.462 e. The number of hydrogen-bond acceptors (Lipinski definition) is 21. The Hall–Kier alpha value is -6.97. The van der Waals surface area contributed by atoms with Gasteiger partial charge in [-0.05, 0) is 283 Å². The molecule has 688 valence electrons. The van der Waals surface area contributed by atoms with Crippen molar-refractivity contribution in [3.05, 3.63) is 69.9 Å². The van der Waals surface area contributed by atoms with E-state index in [1.165, 1.54) is 33.4 Å². The van der Waals surface area contributed by atoms with E-state index in [9.17, 15) is 77.6 Å². The van der Waals surface area contributed by atoms with Crippen molar-refractivity contribution in [1.82, 2.24) is 0 Å². The van der Waals surface area contributed by atoms with Crippen LogP contribution in [0.15, 0.2) is 69.9 Å². The summed E-state index contributed by atoms with van der Waals surface area (Å²) >= 11 is 0. The Morgan fingerprint density at radius 3 is 1.06 bits per heavy atom. The van der Waals surface area contributed by atoms with Gasteiger partial charge in [-0.3, -0.25) is 62.3 Å². The number of allylic oxidation sites excluding steroid dienone is 10. The highest BCUT2D eigenvalue weighted by Gasteiger charge is 2.68. The van der Waals surface area contributed by atoms with Crippen LogP contribution in [-0.2, 0) is 86.0 Å². The Labute approximate surface area is 741 Å². The van der Waals surface area contributed by atoms with Gasteiger partial charge in [0.25, 0.3) is 0 Å². The molecule has 0 spiro atoms. The van der Waals surface area contributed by atoms with Crippen LogP contribution in [0.4, 0.5) is 0 Å². The monoisotopic (exact) mass is 1730 g/mol. The van der Waals surface area contributed by atoms with Gasteiger partial charge < -0.3 is 39.0 Å². The predicted octanol–water partition coefficient (Wildman–Crippen LogP) is 17.3. The first-order chi connectivity index (χ1) is 59.4. The molecule has 0 aliphatic heterocycles. The van der Waals surface area contributed by atoms with Crippen LogP contribution >= 0.6 is 0 Å². The van der Waals surface area contributed by atoms with Crippen LogP contribution in [0.25, 0.3) is 0 Å². The quantitative estimate of drug-likeness (QED) is 0.0486. The molecule has 0 heterocycles. The average molecular weight is 1730 g/mol. The number of aliphatic hydroxyl groups excluding tert-OH is 3.